The van der Waals surface area contributed by atoms with Crippen molar-refractivity contribution in [3.05, 3.63) is 34.9 Å². The first kappa shape index (κ1) is 15.5. The van der Waals surface area contributed by atoms with Crippen molar-refractivity contribution in [1.82, 2.24) is 15.1 Å². The molecular weight excluding hydrogens is 246 g/mol. The number of nitrogens with zero attached hydrogens (tertiary/aromatic N) is 2. The van der Waals surface area contributed by atoms with E-state index in [4.69, 9.17) is 0 Å². The number of hydrogen-bond acceptors (Lipinski definition) is 3. The molecule has 1 aromatic rings. The van der Waals surface area contributed by atoms with Gasteiger partial charge in [-0.1, -0.05) is 30.7 Å². The second kappa shape index (κ2) is 6.70. The molecule has 0 aliphatic carbocycles. The van der Waals surface area contributed by atoms with Crippen molar-refractivity contribution >= 4 is 0 Å². The highest BCUT2D eigenvalue weighted by molar-refractivity contribution is 5.34. The molecule has 3 heteroatoms. The molecule has 2 unspecified atom stereocenters. The fourth-order valence-electron chi connectivity index (χ4n) is 3.17. The Bertz CT molecular complexity index is 444. The maximum atomic E-state index is 3.72. The van der Waals surface area contributed by atoms with Crippen LogP contribution in [-0.4, -0.2) is 56.1 Å². The van der Waals surface area contributed by atoms with Crippen LogP contribution in [0, 0.1) is 13.8 Å². The van der Waals surface area contributed by atoms with E-state index in [1.165, 1.54) is 23.2 Å². The molecule has 3 nitrogen and oxygen atoms in total. The SMILES string of the molecule is CCNC(c1cc(C)ccc1C)C1CN(C)CCN1C. The lowest BCUT2D eigenvalue weighted by atomic mass is 9.91. The Morgan fingerprint density at radius 2 is 2.00 bits per heavy atom. The van der Waals surface area contributed by atoms with Crippen molar-refractivity contribution in [2.75, 3.05) is 40.3 Å². The molecule has 1 heterocycles. The smallest absolute Gasteiger partial charge is 0.0493 e. The Balaban J connectivity index is 2.32. The van der Waals surface area contributed by atoms with Crippen LogP contribution in [0.4, 0.5) is 0 Å². The molecule has 0 radical (unpaired) electrons. The van der Waals surface area contributed by atoms with Crippen LogP contribution in [0.1, 0.15) is 29.7 Å². The minimum Gasteiger partial charge on any atom is -0.309 e. The summed E-state index contributed by atoms with van der Waals surface area (Å²) in [5, 5.41) is 3.72. The minimum atomic E-state index is 0.410. The summed E-state index contributed by atoms with van der Waals surface area (Å²) in [5.74, 6) is 0. The van der Waals surface area contributed by atoms with Crippen LogP contribution in [0.15, 0.2) is 18.2 Å². The topological polar surface area (TPSA) is 18.5 Å². The summed E-state index contributed by atoms with van der Waals surface area (Å²) in [4.78, 5) is 4.95. The van der Waals surface area contributed by atoms with Gasteiger partial charge in [-0.15, -0.1) is 0 Å². The van der Waals surface area contributed by atoms with E-state index in [9.17, 15) is 0 Å². The highest BCUT2D eigenvalue weighted by Gasteiger charge is 2.31. The number of benzene rings is 1. The maximum absolute atomic E-state index is 3.72. The molecule has 2 rings (SSSR count). The van der Waals surface area contributed by atoms with Crippen molar-refractivity contribution in [1.29, 1.82) is 0 Å². The number of nitrogens with one attached hydrogen (secondary N) is 1. The molecule has 0 spiro atoms. The standard InChI is InChI=1S/C17H29N3/c1-6-18-17(15-11-13(2)7-8-14(15)3)16-12-19(4)9-10-20(16)5/h7-8,11,16-18H,6,9-10,12H2,1-5H3. The first-order chi connectivity index (χ1) is 9.52. The summed E-state index contributed by atoms with van der Waals surface area (Å²) >= 11 is 0. The average Bonchev–Trinajstić information content (AvgIpc) is 2.42. The molecule has 0 amide bonds. The predicted octanol–water partition coefficient (Wildman–Crippen LogP) is 2.20. The van der Waals surface area contributed by atoms with E-state index in [-0.39, 0.29) is 0 Å². The lowest BCUT2D eigenvalue weighted by Crippen LogP contribution is -2.55. The Morgan fingerprint density at radius 1 is 1.25 bits per heavy atom. The number of hydrogen-bond donors (Lipinski definition) is 1. The van der Waals surface area contributed by atoms with Gasteiger partial charge in [-0.05, 0) is 45.6 Å². The van der Waals surface area contributed by atoms with Crippen LogP contribution < -0.4 is 5.32 Å². The number of aryl methyl sites for hydroxylation is 2. The van der Waals surface area contributed by atoms with Crippen molar-refractivity contribution in [3.8, 4) is 0 Å². The van der Waals surface area contributed by atoms with E-state index in [1.54, 1.807) is 0 Å². The van der Waals surface area contributed by atoms with Crippen molar-refractivity contribution in [3.63, 3.8) is 0 Å². The second-order valence-electron chi connectivity index (χ2n) is 6.21. The summed E-state index contributed by atoms with van der Waals surface area (Å²) in [6.07, 6.45) is 0. The van der Waals surface area contributed by atoms with Crippen LogP contribution in [0.3, 0.4) is 0 Å². The largest absolute Gasteiger partial charge is 0.309 e. The maximum Gasteiger partial charge on any atom is 0.0493 e. The van der Waals surface area contributed by atoms with E-state index in [1.807, 2.05) is 0 Å². The van der Waals surface area contributed by atoms with Crippen LogP contribution in [0.25, 0.3) is 0 Å². The fraction of sp³-hybridized carbons (Fsp3) is 0.647. The van der Waals surface area contributed by atoms with Crippen LogP contribution in [0.5, 0.6) is 0 Å². The van der Waals surface area contributed by atoms with Gasteiger partial charge in [-0.25, -0.2) is 0 Å². The van der Waals surface area contributed by atoms with Crippen LogP contribution in [0.2, 0.25) is 0 Å². The third-order valence-electron chi connectivity index (χ3n) is 4.48. The van der Waals surface area contributed by atoms with Crippen molar-refractivity contribution in [2.45, 2.75) is 32.9 Å². The third-order valence-corrected chi connectivity index (χ3v) is 4.48. The monoisotopic (exact) mass is 275 g/mol. The molecule has 1 aromatic carbocycles. The van der Waals surface area contributed by atoms with Gasteiger partial charge < -0.3 is 10.2 Å². The van der Waals surface area contributed by atoms with Crippen molar-refractivity contribution < 1.29 is 0 Å². The Kier molecular flexibility index (Phi) is 5.19. The van der Waals surface area contributed by atoms with E-state index in [2.05, 4.69) is 68.2 Å². The molecule has 1 aliphatic rings. The highest BCUT2D eigenvalue weighted by Crippen LogP contribution is 2.26. The van der Waals surface area contributed by atoms with Crippen LogP contribution in [-0.2, 0) is 0 Å². The number of piperazine rings is 1. The lowest BCUT2D eigenvalue weighted by molar-refractivity contribution is 0.0879. The molecule has 112 valence electrons. The van der Waals surface area contributed by atoms with Gasteiger partial charge in [0.25, 0.3) is 0 Å². The summed E-state index contributed by atoms with van der Waals surface area (Å²) in [5.41, 5.74) is 4.20. The van der Waals surface area contributed by atoms with E-state index in [0.29, 0.717) is 12.1 Å². The number of likely N-dealkylation sites (N-methyl/N-ethyl adjacent to an activating group) is 3. The first-order valence-electron chi connectivity index (χ1n) is 7.72. The van der Waals surface area contributed by atoms with E-state index >= 15 is 0 Å². The molecule has 1 N–H and O–H groups in total. The molecule has 1 fully saturated rings. The molecule has 1 saturated heterocycles. The van der Waals surface area contributed by atoms with E-state index in [0.717, 1.165) is 19.6 Å². The fourth-order valence-corrected chi connectivity index (χ4v) is 3.17. The third kappa shape index (κ3) is 3.40. The number of rotatable bonds is 4. The predicted molar refractivity (Wildman–Crippen MR) is 86.2 cm³/mol. The molecule has 0 bridgehead atoms. The van der Waals surface area contributed by atoms with Gasteiger partial charge in [0.05, 0.1) is 0 Å². The zero-order chi connectivity index (χ0) is 14.7. The van der Waals surface area contributed by atoms with Crippen LogP contribution >= 0.6 is 0 Å². The Morgan fingerprint density at radius 3 is 2.70 bits per heavy atom. The quantitative estimate of drug-likeness (QED) is 0.909. The molecule has 2 atom stereocenters. The summed E-state index contributed by atoms with van der Waals surface area (Å²) in [6, 6.07) is 7.76. The molecule has 0 aromatic heterocycles. The van der Waals surface area contributed by atoms with E-state index < -0.39 is 0 Å². The van der Waals surface area contributed by atoms with Crippen molar-refractivity contribution in [2.24, 2.45) is 0 Å². The summed E-state index contributed by atoms with van der Waals surface area (Å²) in [6.45, 7) is 11.1. The van der Waals surface area contributed by atoms with Gasteiger partial charge in [0.1, 0.15) is 0 Å². The summed E-state index contributed by atoms with van der Waals surface area (Å²) in [7, 11) is 4.49. The lowest BCUT2D eigenvalue weighted by Gasteiger charge is -2.42. The van der Waals surface area contributed by atoms with Gasteiger partial charge in [-0.3, -0.25) is 4.90 Å². The highest BCUT2D eigenvalue weighted by atomic mass is 15.3. The zero-order valence-electron chi connectivity index (χ0n) is 13.6. The van der Waals surface area contributed by atoms with Gasteiger partial charge >= 0.3 is 0 Å². The Labute approximate surface area is 124 Å². The Hall–Kier alpha value is -0.900. The minimum absolute atomic E-state index is 0.410. The zero-order valence-corrected chi connectivity index (χ0v) is 13.6. The molecular formula is C17H29N3. The second-order valence-corrected chi connectivity index (χ2v) is 6.21. The molecule has 20 heavy (non-hydrogen) atoms. The average molecular weight is 275 g/mol. The van der Waals surface area contributed by atoms with Gasteiger partial charge in [0.2, 0.25) is 0 Å². The molecule has 1 aliphatic heterocycles. The normalized spacial score (nSPS) is 22.9. The van der Waals surface area contributed by atoms with Gasteiger partial charge in [-0.2, -0.15) is 0 Å². The summed E-state index contributed by atoms with van der Waals surface area (Å²) < 4.78 is 0. The molecule has 0 saturated carbocycles. The first-order valence-corrected chi connectivity index (χ1v) is 7.72. The van der Waals surface area contributed by atoms with Gasteiger partial charge in [0.15, 0.2) is 0 Å². The van der Waals surface area contributed by atoms with Gasteiger partial charge in [0, 0.05) is 31.7 Å².